The molecule has 0 aliphatic rings. The molecule has 1 amide bonds. The minimum Gasteiger partial charge on any atom is -0.491 e. The van der Waals surface area contributed by atoms with Crippen molar-refractivity contribution in [2.75, 3.05) is 13.2 Å². The molecule has 0 atom stereocenters. The van der Waals surface area contributed by atoms with Crippen molar-refractivity contribution in [3.05, 3.63) is 76.8 Å². The van der Waals surface area contributed by atoms with Crippen LogP contribution in [0.2, 0.25) is 0 Å². The van der Waals surface area contributed by atoms with Gasteiger partial charge in [-0.3, -0.25) is 14.6 Å². The number of nitrogens with zero attached hydrogens (tertiary/aromatic N) is 3. The number of pyridine rings is 1. The first-order chi connectivity index (χ1) is 15.1. The number of hydrogen-bond donors (Lipinski definition) is 1. The molecular formula is C24H24N4O3. The summed E-state index contributed by atoms with van der Waals surface area (Å²) in [4.78, 5) is 29.8. The second-order valence-corrected chi connectivity index (χ2v) is 7.53. The molecule has 0 aliphatic carbocycles. The standard InChI is InChI=1S/C24H24N4O3/c1-16(2)28-24(30)19-11-4-3-10-18(19)22(27-28)23(29)26-14-7-15-31-20-12-5-8-17-9-6-13-25-21(17)20/h3-6,8-13,16H,7,14-15H2,1-2H3,(H,26,29). The van der Waals surface area contributed by atoms with Crippen LogP contribution in [0.5, 0.6) is 5.75 Å². The summed E-state index contributed by atoms with van der Waals surface area (Å²) in [7, 11) is 0. The Bertz CT molecular complexity index is 1290. The number of carbonyl (C=O) groups is 1. The molecule has 4 rings (SSSR count). The highest BCUT2D eigenvalue weighted by atomic mass is 16.5. The fourth-order valence-electron chi connectivity index (χ4n) is 3.46. The van der Waals surface area contributed by atoms with Gasteiger partial charge in [0.15, 0.2) is 5.69 Å². The Labute approximate surface area is 179 Å². The van der Waals surface area contributed by atoms with Gasteiger partial charge >= 0.3 is 0 Å². The number of carbonyl (C=O) groups excluding carboxylic acids is 1. The Morgan fingerprint density at radius 3 is 2.65 bits per heavy atom. The lowest BCUT2D eigenvalue weighted by atomic mass is 10.1. The predicted molar refractivity (Wildman–Crippen MR) is 121 cm³/mol. The van der Waals surface area contributed by atoms with Gasteiger partial charge in [0.2, 0.25) is 0 Å². The number of fused-ring (bicyclic) bond motifs is 2. The normalized spacial score (nSPS) is 11.2. The van der Waals surface area contributed by atoms with Gasteiger partial charge in [0, 0.05) is 23.5 Å². The van der Waals surface area contributed by atoms with Crippen LogP contribution in [-0.4, -0.2) is 33.8 Å². The second-order valence-electron chi connectivity index (χ2n) is 7.53. The molecule has 0 bridgehead atoms. The highest BCUT2D eigenvalue weighted by molar-refractivity contribution is 6.04. The van der Waals surface area contributed by atoms with E-state index in [1.54, 1.807) is 30.5 Å². The molecule has 0 saturated carbocycles. The average Bonchev–Trinajstić information content (AvgIpc) is 2.79. The molecule has 7 heteroatoms. The van der Waals surface area contributed by atoms with Crippen molar-refractivity contribution in [1.29, 1.82) is 0 Å². The van der Waals surface area contributed by atoms with Crippen LogP contribution in [0.3, 0.4) is 0 Å². The molecule has 2 heterocycles. The molecule has 2 aromatic carbocycles. The lowest BCUT2D eigenvalue weighted by molar-refractivity contribution is 0.0945. The SMILES string of the molecule is CC(C)n1nc(C(=O)NCCCOc2cccc3cccnc23)c2ccccc2c1=O. The topological polar surface area (TPSA) is 86.1 Å². The van der Waals surface area contributed by atoms with Crippen molar-refractivity contribution in [3.8, 4) is 5.75 Å². The molecule has 0 radical (unpaired) electrons. The molecule has 2 aromatic heterocycles. The van der Waals surface area contributed by atoms with Crippen molar-refractivity contribution < 1.29 is 9.53 Å². The summed E-state index contributed by atoms with van der Waals surface area (Å²) in [5.74, 6) is 0.415. The molecule has 158 valence electrons. The highest BCUT2D eigenvalue weighted by Crippen LogP contribution is 2.23. The molecule has 1 N–H and O–H groups in total. The smallest absolute Gasteiger partial charge is 0.274 e. The average molecular weight is 416 g/mol. The van der Waals surface area contributed by atoms with Gasteiger partial charge in [-0.15, -0.1) is 0 Å². The molecule has 0 unspecified atom stereocenters. The van der Waals surface area contributed by atoms with Crippen molar-refractivity contribution in [1.82, 2.24) is 20.1 Å². The van der Waals surface area contributed by atoms with E-state index in [4.69, 9.17) is 4.74 Å². The van der Waals surface area contributed by atoms with Gasteiger partial charge in [-0.05, 0) is 38.5 Å². The monoisotopic (exact) mass is 416 g/mol. The van der Waals surface area contributed by atoms with Crippen LogP contribution in [0.4, 0.5) is 0 Å². The maximum Gasteiger partial charge on any atom is 0.274 e. The van der Waals surface area contributed by atoms with Gasteiger partial charge in [0.05, 0.1) is 18.0 Å². The van der Waals surface area contributed by atoms with Gasteiger partial charge in [0.25, 0.3) is 11.5 Å². The summed E-state index contributed by atoms with van der Waals surface area (Å²) < 4.78 is 7.22. The number of hydrogen-bond acceptors (Lipinski definition) is 5. The fraction of sp³-hybridized carbons (Fsp3) is 0.250. The maximum absolute atomic E-state index is 12.8. The van der Waals surface area contributed by atoms with Crippen LogP contribution < -0.4 is 15.6 Å². The van der Waals surface area contributed by atoms with Crippen LogP contribution in [0.25, 0.3) is 21.7 Å². The molecule has 4 aromatic rings. The van der Waals surface area contributed by atoms with E-state index in [2.05, 4.69) is 15.4 Å². The van der Waals surface area contributed by atoms with E-state index in [9.17, 15) is 9.59 Å². The number of amides is 1. The van der Waals surface area contributed by atoms with E-state index >= 15 is 0 Å². The quantitative estimate of drug-likeness (QED) is 0.464. The third-order valence-electron chi connectivity index (χ3n) is 4.99. The zero-order valence-corrected chi connectivity index (χ0v) is 17.5. The first kappa shape index (κ1) is 20.5. The Kier molecular flexibility index (Phi) is 5.93. The molecule has 0 saturated heterocycles. The van der Waals surface area contributed by atoms with Gasteiger partial charge in [0.1, 0.15) is 11.3 Å². The maximum atomic E-state index is 12.8. The number of ether oxygens (including phenoxy) is 1. The second kappa shape index (κ2) is 8.95. The molecule has 0 aliphatic heterocycles. The predicted octanol–water partition coefficient (Wildman–Crippen LogP) is 3.72. The summed E-state index contributed by atoms with van der Waals surface area (Å²) in [6, 6.07) is 16.6. The zero-order valence-electron chi connectivity index (χ0n) is 17.5. The van der Waals surface area contributed by atoms with Crippen LogP contribution in [-0.2, 0) is 0 Å². The first-order valence-electron chi connectivity index (χ1n) is 10.3. The number of benzene rings is 2. The molecule has 0 spiro atoms. The molecule has 0 fully saturated rings. The van der Waals surface area contributed by atoms with Gasteiger partial charge in [-0.25, -0.2) is 4.68 Å². The van der Waals surface area contributed by atoms with E-state index in [1.807, 2.05) is 44.2 Å². The summed E-state index contributed by atoms with van der Waals surface area (Å²) in [5.41, 5.74) is 0.878. The van der Waals surface area contributed by atoms with Crippen molar-refractivity contribution in [2.45, 2.75) is 26.3 Å². The Morgan fingerprint density at radius 1 is 1.06 bits per heavy atom. The van der Waals surface area contributed by atoms with E-state index in [-0.39, 0.29) is 23.2 Å². The Balaban J connectivity index is 1.42. The minimum atomic E-state index is -0.308. The van der Waals surface area contributed by atoms with Gasteiger partial charge < -0.3 is 10.1 Å². The van der Waals surface area contributed by atoms with Crippen LogP contribution in [0.15, 0.2) is 65.6 Å². The van der Waals surface area contributed by atoms with Crippen LogP contribution >= 0.6 is 0 Å². The number of para-hydroxylation sites is 1. The van der Waals surface area contributed by atoms with Crippen LogP contribution in [0.1, 0.15) is 36.8 Å². The number of nitrogens with one attached hydrogen (secondary N) is 1. The van der Waals surface area contributed by atoms with Gasteiger partial charge in [-0.2, -0.15) is 5.10 Å². The van der Waals surface area contributed by atoms with Crippen molar-refractivity contribution in [3.63, 3.8) is 0 Å². The van der Waals surface area contributed by atoms with Crippen molar-refractivity contribution in [2.24, 2.45) is 0 Å². The highest BCUT2D eigenvalue weighted by Gasteiger charge is 2.17. The number of aromatic nitrogens is 3. The van der Waals surface area contributed by atoms with E-state index in [0.717, 1.165) is 16.7 Å². The lowest BCUT2D eigenvalue weighted by Gasteiger charge is -2.13. The molecule has 31 heavy (non-hydrogen) atoms. The number of rotatable bonds is 7. The largest absolute Gasteiger partial charge is 0.491 e. The molecular weight excluding hydrogens is 392 g/mol. The van der Waals surface area contributed by atoms with E-state index < -0.39 is 0 Å². The summed E-state index contributed by atoms with van der Waals surface area (Å²) in [6.07, 6.45) is 2.36. The minimum absolute atomic E-state index is 0.147. The summed E-state index contributed by atoms with van der Waals surface area (Å²) >= 11 is 0. The van der Waals surface area contributed by atoms with Gasteiger partial charge in [-0.1, -0.05) is 36.4 Å². The third kappa shape index (κ3) is 4.26. The summed E-state index contributed by atoms with van der Waals surface area (Å²) in [5, 5.41) is 9.29. The summed E-state index contributed by atoms with van der Waals surface area (Å²) in [6.45, 7) is 4.60. The van der Waals surface area contributed by atoms with E-state index in [0.29, 0.717) is 30.3 Å². The lowest BCUT2D eigenvalue weighted by Crippen LogP contribution is -2.32. The van der Waals surface area contributed by atoms with Crippen LogP contribution in [0, 0.1) is 0 Å². The zero-order chi connectivity index (χ0) is 21.8. The first-order valence-corrected chi connectivity index (χ1v) is 10.3. The Morgan fingerprint density at radius 2 is 1.84 bits per heavy atom. The third-order valence-corrected chi connectivity index (χ3v) is 4.99. The fourth-order valence-corrected chi connectivity index (χ4v) is 3.46. The molecule has 7 nitrogen and oxygen atoms in total. The van der Waals surface area contributed by atoms with E-state index in [1.165, 1.54) is 4.68 Å². The van der Waals surface area contributed by atoms with Crippen molar-refractivity contribution >= 4 is 27.6 Å². The Hall–Kier alpha value is -3.74.